The van der Waals surface area contributed by atoms with Crippen LogP contribution < -0.4 is 10.1 Å². The molecule has 1 aliphatic carbocycles. The van der Waals surface area contributed by atoms with Crippen molar-refractivity contribution in [2.45, 2.75) is 25.3 Å². The molecule has 1 aromatic heterocycles. The molecule has 1 aliphatic heterocycles. The Labute approximate surface area is 108 Å². The van der Waals surface area contributed by atoms with Crippen LogP contribution in [0.25, 0.3) is 0 Å². The van der Waals surface area contributed by atoms with Gasteiger partial charge in [0.25, 0.3) is 0 Å². The summed E-state index contributed by atoms with van der Waals surface area (Å²) >= 11 is 0. The zero-order chi connectivity index (χ0) is 12.4. The van der Waals surface area contributed by atoms with Gasteiger partial charge in [0.1, 0.15) is 0 Å². The van der Waals surface area contributed by atoms with Gasteiger partial charge in [-0.25, -0.2) is 4.98 Å². The van der Waals surface area contributed by atoms with Crippen LogP contribution in [0, 0.1) is 5.92 Å². The molecule has 0 bridgehead atoms. The van der Waals surface area contributed by atoms with E-state index in [1.807, 2.05) is 12.1 Å². The molecule has 0 radical (unpaired) electrons. The highest BCUT2D eigenvalue weighted by atomic mass is 16.5. The lowest BCUT2D eigenvalue weighted by molar-refractivity contribution is 0.316. The van der Waals surface area contributed by atoms with E-state index < -0.39 is 0 Å². The minimum atomic E-state index is 0.748. The molecule has 1 saturated heterocycles. The summed E-state index contributed by atoms with van der Waals surface area (Å²) in [7, 11) is 1.69. The maximum Gasteiger partial charge on any atom is 0.168 e. The number of nitrogens with zero attached hydrogens (tertiary/aromatic N) is 2. The van der Waals surface area contributed by atoms with Gasteiger partial charge in [-0.1, -0.05) is 0 Å². The fraction of sp³-hybridized carbons (Fsp3) is 0.643. The third kappa shape index (κ3) is 2.58. The second-order valence-electron chi connectivity index (χ2n) is 5.32. The Kier molecular flexibility index (Phi) is 3.37. The van der Waals surface area contributed by atoms with Crippen molar-refractivity contribution in [3.05, 3.63) is 18.3 Å². The molecule has 2 fully saturated rings. The largest absolute Gasteiger partial charge is 0.493 e. The lowest BCUT2D eigenvalue weighted by Crippen LogP contribution is -2.25. The molecule has 0 aromatic carbocycles. The molecule has 0 amide bonds. The molecule has 1 aromatic rings. The number of aromatic nitrogens is 1. The average Bonchev–Trinajstić information content (AvgIpc) is 3.16. The summed E-state index contributed by atoms with van der Waals surface area (Å²) in [6, 6.07) is 4.74. The van der Waals surface area contributed by atoms with Crippen LogP contribution in [0.1, 0.15) is 19.3 Å². The summed E-state index contributed by atoms with van der Waals surface area (Å²) in [5.74, 6) is 2.44. The molecule has 1 saturated carbocycles. The van der Waals surface area contributed by atoms with Gasteiger partial charge in [-0.2, -0.15) is 0 Å². The SMILES string of the molecule is COc1cccnc1NCC1CCN(C2CC2)C1. The van der Waals surface area contributed by atoms with Gasteiger partial charge in [-0.05, 0) is 43.9 Å². The molecule has 1 unspecified atom stereocenters. The van der Waals surface area contributed by atoms with E-state index >= 15 is 0 Å². The molecule has 1 atom stereocenters. The zero-order valence-corrected chi connectivity index (χ0v) is 10.9. The third-order valence-electron chi connectivity index (χ3n) is 3.93. The van der Waals surface area contributed by atoms with Gasteiger partial charge in [-0.3, -0.25) is 0 Å². The van der Waals surface area contributed by atoms with Crippen molar-refractivity contribution >= 4 is 5.82 Å². The van der Waals surface area contributed by atoms with Gasteiger partial charge in [0.15, 0.2) is 11.6 Å². The van der Waals surface area contributed by atoms with E-state index in [2.05, 4.69) is 15.2 Å². The highest BCUT2D eigenvalue weighted by Gasteiger charge is 2.34. The van der Waals surface area contributed by atoms with E-state index in [0.717, 1.165) is 30.1 Å². The van der Waals surface area contributed by atoms with E-state index in [1.54, 1.807) is 13.3 Å². The molecule has 4 nitrogen and oxygen atoms in total. The van der Waals surface area contributed by atoms with Crippen molar-refractivity contribution in [2.24, 2.45) is 5.92 Å². The fourth-order valence-corrected chi connectivity index (χ4v) is 2.73. The van der Waals surface area contributed by atoms with Crippen LogP contribution in [0.15, 0.2) is 18.3 Å². The summed E-state index contributed by atoms with van der Waals surface area (Å²) < 4.78 is 5.29. The molecule has 1 N–H and O–H groups in total. The first-order chi connectivity index (χ1) is 8.86. The van der Waals surface area contributed by atoms with Crippen LogP contribution in [0.5, 0.6) is 5.75 Å². The van der Waals surface area contributed by atoms with Crippen LogP contribution in [-0.4, -0.2) is 42.7 Å². The van der Waals surface area contributed by atoms with E-state index in [0.29, 0.717) is 0 Å². The van der Waals surface area contributed by atoms with Crippen LogP contribution in [-0.2, 0) is 0 Å². The van der Waals surface area contributed by atoms with E-state index in [-0.39, 0.29) is 0 Å². The minimum Gasteiger partial charge on any atom is -0.493 e. The Hall–Kier alpha value is -1.29. The predicted molar refractivity (Wildman–Crippen MR) is 72.0 cm³/mol. The average molecular weight is 247 g/mol. The quantitative estimate of drug-likeness (QED) is 0.863. The van der Waals surface area contributed by atoms with Crippen LogP contribution in [0.4, 0.5) is 5.82 Å². The summed E-state index contributed by atoms with van der Waals surface area (Å²) in [4.78, 5) is 6.97. The number of nitrogens with one attached hydrogen (secondary N) is 1. The molecular formula is C14H21N3O. The highest BCUT2D eigenvalue weighted by molar-refractivity contribution is 5.49. The van der Waals surface area contributed by atoms with E-state index in [9.17, 15) is 0 Å². The third-order valence-corrected chi connectivity index (χ3v) is 3.93. The molecule has 2 heterocycles. The number of hydrogen-bond donors (Lipinski definition) is 1. The van der Waals surface area contributed by atoms with Gasteiger partial charge < -0.3 is 15.0 Å². The van der Waals surface area contributed by atoms with E-state index in [4.69, 9.17) is 4.74 Å². The number of hydrogen-bond acceptors (Lipinski definition) is 4. The number of likely N-dealkylation sites (tertiary alicyclic amines) is 1. The number of rotatable bonds is 5. The van der Waals surface area contributed by atoms with Crippen molar-refractivity contribution in [1.82, 2.24) is 9.88 Å². The van der Waals surface area contributed by atoms with Gasteiger partial charge in [-0.15, -0.1) is 0 Å². The first-order valence-electron chi connectivity index (χ1n) is 6.83. The Morgan fingerprint density at radius 3 is 3.11 bits per heavy atom. The fourth-order valence-electron chi connectivity index (χ4n) is 2.73. The lowest BCUT2D eigenvalue weighted by Gasteiger charge is -2.16. The summed E-state index contributed by atoms with van der Waals surface area (Å²) in [5.41, 5.74) is 0. The minimum absolute atomic E-state index is 0.748. The molecule has 0 spiro atoms. The Bertz CT molecular complexity index is 406. The molecular weight excluding hydrogens is 226 g/mol. The number of methoxy groups -OCH3 is 1. The van der Waals surface area contributed by atoms with Crippen molar-refractivity contribution in [2.75, 3.05) is 32.1 Å². The standard InChI is InChI=1S/C14H21N3O/c1-18-13-3-2-7-15-14(13)16-9-11-6-8-17(10-11)12-4-5-12/h2-3,7,11-12H,4-6,8-10H2,1H3,(H,15,16). The smallest absolute Gasteiger partial charge is 0.168 e. The van der Waals surface area contributed by atoms with Crippen molar-refractivity contribution in [1.29, 1.82) is 0 Å². The topological polar surface area (TPSA) is 37.4 Å². The van der Waals surface area contributed by atoms with Crippen LogP contribution in [0.3, 0.4) is 0 Å². The van der Waals surface area contributed by atoms with E-state index in [1.165, 1.54) is 32.4 Å². The maximum absolute atomic E-state index is 5.29. The highest BCUT2D eigenvalue weighted by Crippen LogP contribution is 2.32. The van der Waals surface area contributed by atoms with Crippen LogP contribution >= 0.6 is 0 Å². The van der Waals surface area contributed by atoms with Gasteiger partial charge in [0.05, 0.1) is 7.11 Å². The second kappa shape index (κ2) is 5.14. The Morgan fingerprint density at radius 1 is 1.44 bits per heavy atom. The number of ether oxygens (including phenoxy) is 1. The summed E-state index contributed by atoms with van der Waals surface area (Å²) in [6.45, 7) is 3.51. The van der Waals surface area contributed by atoms with Gasteiger partial charge in [0, 0.05) is 25.3 Å². The van der Waals surface area contributed by atoms with Gasteiger partial charge in [0.2, 0.25) is 0 Å². The molecule has 98 valence electrons. The monoisotopic (exact) mass is 247 g/mol. The summed E-state index contributed by atoms with van der Waals surface area (Å²) in [6.07, 6.45) is 5.93. The summed E-state index contributed by atoms with van der Waals surface area (Å²) in [5, 5.41) is 3.42. The number of anilines is 1. The van der Waals surface area contributed by atoms with Crippen molar-refractivity contribution in [3.63, 3.8) is 0 Å². The molecule has 3 rings (SSSR count). The van der Waals surface area contributed by atoms with Crippen molar-refractivity contribution in [3.8, 4) is 5.75 Å². The molecule has 2 aliphatic rings. The Balaban J connectivity index is 1.51. The predicted octanol–water partition coefficient (Wildman–Crippen LogP) is 1.99. The Morgan fingerprint density at radius 2 is 2.33 bits per heavy atom. The van der Waals surface area contributed by atoms with Gasteiger partial charge >= 0.3 is 0 Å². The zero-order valence-electron chi connectivity index (χ0n) is 10.9. The molecule has 18 heavy (non-hydrogen) atoms. The van der Waals surface area contributed by atoms with Crippen LogP contribution in [0.2, 0.25) is 0 Å². The maximum atomic E-state index is 5.29. The first-order valence-corrected chi connectivity index (χ1v) is 6.83. The second-order valence-corrected chi connectivity index (χ2v) is 5.32. The molecule has 4 heteroatoms. The lowest BCUT2D eigenvalue weighted by atomic mass is 10.1. The number of pyridine rings is 1. The first kappa shape index (κ1) is 11.8. The normalized spacial score (nSPS) is 24.2. The van der Waals surface area contributed by atoms with Crippen molar-refractivity contribution < 1.29 is 4.74 Å².